The van der Waals surface area contributed by atoms with Gasteiger partial charge in [0, 0.05) is 16.9 Å². The fourth-order valence-corrected chi connectivity index (χ4v) is 2.19. The molecule has 1 nitrogen and oxygen atoms in total. The number of carbonyl (C=O) groups excluding carboxylic acids is 1. The van der Waals surface area contributed by atoms with Gasteiger partial charge in [-0.15, -0.1) is 11.3 Å². The van der Waals surface area contributed by atoms with Crippen LogP contribution < -0.4 is 0 Å². The zero-order valence-corrected chi connectivity index (χ0v) is 6.96. The highest BCUT2D eigenvalue weighted by Crippen LogP contribution is 2.35. The van der Waals surface area contributed by atoms with Crippen LogP contribution in [0.15, 0.2) is 11.4 Å². The molecule has 1 aliphatic carbocycles. The van der Waals surface area contributed by atoms with E-state index in [1.807, 2.05) is 0 Å². The second kappa shape index (κ2) is 2.36. The lowest BCUT2D eigenvalue weighted by atomic mass is 9.94. The molecule has 0 fully saturated rings. The van der Waals surface area contributed by atoms with E-state index < -0.39 is 11.7 Å². The molecule has 1 aliphatic rings. The third kappa shape index (κ3) is 0.982. The molecule has 12 heavy (non-hydrogen) atoms. The van der Waals surface area contributed by atoms with Gasteiger partial charge in [0.2, 0.25) is 5.78 Å². The molecule has 1 aromatic heterocycles. The molecule has 1 aromatic rings. The molecule has 0 aliphatic heterocycles. The fourth-order valence-electron chi connectivity index (χ4n) is 1.32. The second-order valence-electron chi connectivity index (χ2n) is 2.79. The lowest BCUT2D eigenvalue weighted by molar-refractivity contribution is 0.00237. The summed E-state index contributed by atoms with van der Waals surface area (Å²) in [5.74, 6) is -4.14. The molecule has 0 amide bonds. The number of rotatable bonds is 0. The van der Waals surface area contributed by atoms with Crippen molar-refractivity contribution in [2.75, 3.05) is 0 Å². The van der Waals surface area contributed by atoms with Crippen LogP contribution in [-0.2, 0) is 6.42 Å². The van der Waals surface area contributed by atoms with E-state index in [1.165, 1.54) is 17.4 Å². The Morgan fingerprint density at radius 2 is 2.25 bits per heavy atom. The van der Waals surface area contributed by atoms with Crippen molar-refractivity contribution >= 4 is 17.1 Å². The number of carbonyl (C=O) groups is 1. The summed E-state index contributed by atoms with van der Waals surface area (Å²) in [6, 6.07) is 1.48. The molecule has 4 heteroatoms. The Morgan fingerprint density at radius 3 is 3.00 bits per heavy atom. The van der Waals surface area contributed by atoms with E-state index in [4.69, 9.17) is 0 Å². The Balaban J connectivity index is 2.49. The highest BCUT2D eigenvalue weighted by Gasteiger charge is 2.43. The Hall–Kier alpha value is -0.770. The quantitative estimate of drug-likeness (QED) is 0.611. The number of hydrogen-bond acceptors (Lipinski definition) is 2. The van der Waals surface area contributed by atoms with Crippen LogP contribution in [0, 0.1) is 0 Å². The van der Waals surface area contributed by atoms with Gasteiger partial charge in [0.05, 0.1) is 0 Å². The molecule has 0 radical (unpaired) electrons. The highest BCUT2D eigenvalue weighted by atomic mass is 32.1. The molecule has 0 saturated heterocycles. The summed E-state index contributed by atoms with van der Waals surface area (Å²) in [4.78, 5) is 11.9. The van der Waals surface area contributed by atoms with Gasteiger partial charge in [-0.3, -0.25) is 4.79 Å². The van der Waals surface area contributed by atoms with E-state index in [2.05, 4.69) is 0 Å². The van der Waals surface area contributed by atoms with Crippen molar-refractivity contribution < 1.29 is 13.6 Å². The molecule has 0 atom stereocenters. The van der Waals surface area contributed by atoms with Crippen molar-refractivity contribution in [1.82, 2.24) is 0 Å². The monoisotopic (exact) mass is 188 g/mol. The van der Waals surface area contributed by atoms with Crippen molar-refractivity contribution in [3.63, 3.8) is 0 Å². The average molecular weight is 188 g/mol. The van der Waals surface area contributed by atoms with Crippen LogP contribution in [0.1, 0.15) is 21.7 Å². The minimum atomic E-state index is -3.13. The molecule has 0 aromatic carbocycles. The fraction of sp³-hybridized carbons (Fsp3) is 0.375. The third-order valence-corrected chi connectivity index (χ3v) is 2.97. The Labute approximate surface area is 72.0 Å². The van der Waals surface area contributed by atoms with Crippen molar-refractivity contribution in [2.24, 2.45) is 0 Å². The molecule has 1 heterocycles. The molecule has 0 N–H and O–H groups in total. The maximum atomic E-state index is 12.8. The van der Waals surface area contributed by atoms with Crippen LogP contribution in [0.3, 0.4) is 0 Å². The summed E-state index contributed by atoms with van der Waals surface area (Å²) in [5, 5.41) is 1.68. The Morgan fingerprint density at radius 1 is 1.50 bits per heavy atom. The zero-order valence-electron chi connectivity index (χ0n) is 6.14. The van der Waals surface area contributed by atoms with E-state index in [0.717, 1.165) is 4.88 Å². The van der Waals surface area contributed by atoms with Crippen LogP contribution >= 0.6 is 11.3 Å². The van der Waals surface area contributed by atoms with Gasteiger partial charge in [-0.05, 0) is 17.9 Å². The van der Waals surface area contributed by atoms with Gasteiger partial charge < -0.3 is 0 Å². The lowest BCUT2D eigenvalue weighted by Crippen LogP contribution is -2.33. The molecule has 64 valence electrons. The standard InChI is InChI=1S/C8H6F2OS/c9-8(10)3-1-6-5(7(8)11)2-4-12-6/h2,4H,1,3H2. The summed E-state index contributed by atoms with van der Waals surface area (Å²) in [7, 11) is 0. The van der Waals surface area contributed by atoms with Gasteiger partial charge in [-0.1, -0.05) is 0 Å². The van der Waals surface area contributed by atoms with Gasteiger partial charge in [0.15, 0.2) is 0 Å². The second-order valence-corrected chi connectivity index (χ2v) is 3.79. The maximum Gasteiger partial charge on any atom is 0.310 e. The van der Waals surface area contributed by atoms with E-state index in [1.54, 1.807) is 5.38 Å². The van der Waals surface area contributed by atoms with E-state index >= 15 is 0 Å². The van der Waals surface area contributed by atoms with Gasteiger partial charge in [0.25, 0.3) is 0 Å². The normalized spacial score (nSPS) is 20.7. The van der Waals surface area contributed by atoms with Crippen LogP contribution in [0.2, 0.25) is 0 Å². The van der Waals surface area contributed by atoms with Gasteiger partial charge in [-0.2, -0.15) is 8.78 Å². The summed E-state index contributed by atoms with van der Waals surface area (Å²) in [6.07, 6.45) is -0.00884. The lowest BCUT2D eigenvalue weighted by Gasteiger charge is -2.19. The largest absolute Gasteiger partial charge is 0.310 e. The van der Waals surface area contributed by atoms with E-state index in [0.29, 0.717) is 6.42 Å². The predicted octanol–water partition coefficient (Wildman–Crippen LogP) is 2.51. The molecular weight excluding hydrogens is 182 g/mol. The number of thiophene rings is 1. The average Bonchev–Trinajstić information content (AvgIpc) is 2.45. The first-order chi connectivity index (χ1) is 5.61. The highest BCUT2D eigenvalue weighted by molar-refractivity contribution is 7.10. The number of alkyl halides is 2. The summed E-state index contributed by atoms with van der Waals surface area (Å²) >= 11 is 1.38. The first-order valence-corrected chi connectivity index (χ1v) is 4.48. The summed E-state index contributed by atoms with van der Waals surface area (Å²) < 4.78 is 25.6. The van der Waals surface area contributed by atoms with Crippen LogP contribution in [0.25, 0.3) is 0 Å². The first-order valence-electron chi connectivity index (χ1n) is 3.60. The SMILES string of the molecule is O=C1c2ccsc2CCC1(F)F. The van der Waals surface area contributed by atoms with Crippen LogP contribution in [0.4, 0.5) is 8.78 Å². The number of aryl methyl sites for hydroxylation is 1. The maximum absolute atomic E-state index is 12.8. The first kappa shape index (κ1) is 7.86. The van der Waals surface area contributed by atoms with Crippen LogP contribution in [0.5, 0.6) is 0 Å². The predicted molar refractivity (Wildman–Crippen MR) is 41.9 cm³/mol. The van der Waals surface area contributed by atoms with Crippen molar-refractivity contribution in [3.05, 3.63) is 21.9 Å². The molecule has 0 saturated carbocycles. The van der Waals surface area contributed by atoms with E-state index in [9.17, 15) is 13.6 Å². The number of ketones is 1. The van der Waals surface area contributed by atoms with Crippen LogP contribution in [-0.4, -0.2) is 11.7 Å². The van der Waals surface area contributed by atoms with Gasteiger partial charge in [0.1, 0.15) is 0 Å². The molecular formula is C8H6F2OS. The minimum absolute atomic E-state index is 0.219. The summed E-state index contributed by atoms with van der Waals surface area (Å²) in [6.45, 7) is 0. The zero-order chi connectivity index (χ0) is 8.77. The van der Waals surface area contributed by atoms with Crippen molar-refractivity contribution in [1.29, 1.82) is 0 Å². The smallest absolute Gasteiger partial charge is 0.287 e. The van der Waals surface area contributed by atoms with Crippen molar-refractivity contribution in [2.45, 2.75) is 18.8 Å². The Kier molecular flexibility index (Phi) is 1.54. The topological polar surface area (TPSA) is 17.1 Å². The third-order valence-electron chi connectivity index (χ3n) is 1.99. The minimum Gasteiger partial charge on any atom is -0.287 e. The van der Waals surface area contributed by atoms with Gasteiger partial charge >= 0.3 is 5.92 Å². The number of halogens is 2. The Bertz CT molecular complexity index is 330. The molecule has 2 rings (SSSR count). The number of fused-ring (bicyclic) bond motifs is 1. The van der Waals surface area contributed by atoms with Crippen molar-refractivity contribution in [3.8, 4) is 0 Å². The number of Topliss-reactive ketones (excluding diaryl/α,β-unsaturated/α-hetero) is 1. The van der Waals surface area contributed by atoms with E-state index in [-0.39, 0.29) is 12.0 Å². The van der Waals surface area contributed by atoms with Gasteiger partial charge in [-0.25, -0.2) is 0 Å². The molecule has 0 spiro atoms. The number of hydrogen-bond donors (Lipinski definition) is 0. The molecule has 0 bridgehead atoms. The molecule has 0 unspecified atom stereocenters. The summed E-state index contributed by atoms with van der Waals surface area (Å²) in [5.41, 5.74) is 0.219.